The largest absolute Gasteiger partial charge is 0.507 e. The number of hydrogen-bond acceptors (Lipinski definition) is 6. The first kappa shape index (κ1) is 20.1. The first-order valence-electron chi connectivity index (χ1n) is 9.01. The van der Waals surface area contributed by atoms with Gasteiger partial charge in [-0.3, -0.25) is 14.9 Å². The minimum absolute atomic E-state index is 0.0913. The predicted octanol–water partition coefficient (Wildman–Crippen LogP) is 5.13. The number of furan rings is 1. The van der Waals surface area contributed by atoms with Crippen molar-refractivity contribution in [1.82, 2.24) is 5.43 Å². The number of benzene rings is 3. The number of amides is 1. The van der Waals surface area contributed by atoms with Crippen LogP contribution in [0, 0.1) is 10.1 Å². The van der Waals surface area contributed by atoms with Gasteiger partial charge in [0.05, 0.1) is 21.7 Å². The molecule has 0 atom stereocenters. The highest BCUT2D eigenvalue weighted by molar-refractivity contribution is 6.33. The lowest BCUT2D eigenvalue weighted by molar-refractivity contribution is -0.384. The minimum atomic E-state index is -0.579. The second kappa shape index (κ2) is 8.29. The lowest BCUT2D eigenvalue weighted by atomic mass is 10.1. The normalized spacial score (nSPS) is 11.1. The van der Waals surface area contributed by atoms with Crippen molar-refractivity contribution in [3.05, 3.63) is 93.2 Å². The molecule has 0 spiro atoms. The molecule has 1 aromatic heterocycles. The maximum absolute atomic E-state index is 12.4. The predicted molar refractivity (Wildman–Crippen MR) is 116 cm³/mol. The smallest absolute Gasteiger partial charge is 0.275 e. The summed E-state index contributed by atoms with van der Waals surface area (Å²) in [5.74, 6) is -0.0171. The molecule has 0 bridgehead atoms. The highest BCUT2D eigenvalue weighted by atomic mass is 35.5. The van der Waals surface area contributed by atoms with Crippen LogP contribution in [0.25, 0.3) is 22.1 Å². The van der Waals surface area contributed by atoms with Crippen molar-refractivity contribution in [3.63, 3.8) is 0 Å². The van der Waals surface area contributed by atoms with E-state index in [2.05, 4.69) is 10.5 Å². The second-order valence-corrected chi connectivity index (χ2v) is 6.95. The molecule has 0 aliphatic heterocycles. The fourth-order valence-corrected chi connectivity index (χ4v) is 3.28. The van der Waals surface area contributed by atoms with Gasteiger partial charge in [0.25, 0.3) is 11.6 Å². The fourth-order valence-electron chi connectivity index (χ4n) is 3.01. The molecule has 4 rings (SSSR count). The Morgan fingerprint density at radius 3 is 2.55 bits per heavy atom. The summed E-state index contributed by atoms with van der Waals surface area (Å²) in [4.78, 5) is 22.7. The molecule has 2 N–H and O–H groups in total. The summed E-state index contributed by atoms with van der Waals surface area (Å²) in [7, 11) is 0. The molecule has 4 aromatic rings. The van der Waals surface area contributed by atoms with E-state index in [1.54, 1.807) is 18.2 Å². The zero-order chi connectivity index (χ0) is 22.0. The SMILES string of the molecule is O=C(NN=Cc1ccc(-c2ccc([N+](=O)[O-])cc2Cl)o1)c1cc2ccccc2cc1O. The van der Waals surface area contributed by atoms with E-state index in [0.29, 0.717) is 17.1 Å². The molecule has 0 saturated heterocycles. The van der Waals surface area contributed by atoms with E-state index in [-0.39, 0.29) is 22.0 Å². The van der Waals surface area contributed by atoms with Crippen LogP contribution in [0.5, 0.6) is 5.75 Å². The maximum Gasteiger partial charge on any atom is 0.275 e. The zero-order valence-electron chi connectivity index (χ0n) is 15.8. The van der Waals surface area contributed by atoms with Crippen molar-refractivity contribution in [2.45, 2.75) is 0 Å². The monoisotopic (exact) mass is 435 g/mol. The second-order valence-electron chi connectivity index (χ2n) is 6.54. The number of non-ortho nitro benzene ring substituents is 1. The molecule has 154 valence electrons. The number of nitro benzene ring substituents is 1. The van der Waals surface area contributed by atoms with E-state index in [9.17, 15) is 20.0 Å². The highest BCUT2D eigenvalue weighted by Crippen LogP contribution is 2.32. The van der Waals surface area contributed by atoms with Crippen molar-refractivity contribution in [1.29, 1.82) is 0 Å². The molecule has 0 unspecified atom stereocenters. The van der Waals surface area contributed by atoms with Gasteiger partial charge in [0, 0.05) is 17.7 Å². The van der Waals surface area contributed by atoms with Gasteiger partial charge in [-0.2, -0.15) is 5.10 Å². The standard InChI is InChI=1S/C22H14ClN3O5/c23-19-11-15(26(29)30)5-7-17(19)21-8-6-16(31-21)12-24-25-22(28)18-9-13-3-1-2-4-14(13)10-20(18)27/h1-12,27H,(H,25,28). The number of carbonyl (C=O) groups excluding carboxylic acids is 1. The van der Waals surface area contributed by atoms with Gasteiger partial charge in [-0.15, -0.1) is 0 Å². The number of nitrogens with one attached hydrogen (secondary N) is 1. The van der Waals surface area contributed by atoms with Gasteiger partial charge in [0.2, 0.25) is 0 Å². The van der Waals surface area contributed by atoms with Gasteiger partial charge in [-0.1, -0.05) is 35.9 Å². The summed E-state index contributed by atoms with van der Waals surface area (Å²) in [6.45, 7) is 0. The van der Waals surface area contributed by atoms with Crippen LogP contribution in [-0.2, 0) is 0 Å². The summed E-state index contributed by atoms with van der Waals surface area (Å²) >= 11 is 6.11. The van der Waals surface area contributed by atoms with Crippen LogP contribution in [-0.4, -0.2) is 22.2 Å². The van der Waals surface area contributed by atoms with Crippen LogP contribution in [0.3, 0.4) is 0 Å². The lowest BCUT2D eigenvalue weighted by Gasteiger charge is -2.05. The van der Waals surface area contributed by atoms with E-state index < -0.39 is 10.8 Å². The Hall–Kier alpha value is -4.17. The first-order valence-corrected chi connectivity index (χ1v) is 9.39. The average Bonchev–Trinajstić information content (AvgIpc) is 3.21. The summed E-state index contributed by atoms with van der Waals surface area (Å²) in [6, 6.07) is 17.7. The van der Waals surface area contributed by atoms with E-state index in [1.807, 2.05) is 24.3 Å². The number of carbonyl (C=O) groups is 1. The van der Waals surface area contributed by atoms with Crippen LogP contribution in [0.2, 0.25) is 5.02 Å². The van der Waals surface area contributed by atoms with Gasteiger partial charge >= 0.3 is 0 Å². The van der Waals surface area contributed by atoms with Crippen LogP contribution in [0.15, 0.2) is 76.2 Å². The Morgan fingerprint density at radius 2 is 1.84 bits per heavy atom. The molecule has 31 heavy (non-hydrogen) atoms. The number of aromatic hydroxyl groups is 1. The topological polar surface area (TPSA) is 118 Å². The van der Waals surface area contributed by atoms with Gasteiger partial charge in [0.1, 0.15) is 17.3 Å². The molecule has 8 nitrogen and oxygen atoms in total. The first-order chi connectivity index (χ1) is 14.9. The van der Waals surface area contributed by atoms with Crippen molar-refractivity contribution < 1.29 is 19.2 Å². The average molecular weight is 436 g/mol. The Kier molecular flexibility index (Phi) is 5.38. The Labute approximate surface area is 180 Å². The number of hydrazone groups is 1. The van der Waals surface area contributed by atoms with Crippen molar-refractivity contribution in [2.24, 2.45) is 5.10 Å². The summed E-state index contributed by atoms with van der Waals surface area (Å²) < 4.78 is 5.62. The van der Waals surface area contributed by atoms with Crippen LogP contribution >= 0.6 is 11.6 Å². The van der Waals surface area contributed by atoms with E-state index >= 15 is 0 Å². The third-order valence-corrected chi connectivity index (χ3v) is 4.83. The van der Waals surface area contributed by atoms with Crippen molar-refractivity contribution in [2.75, 3.05) is 0 Å². The molecule has 0 aliphatic carbocycles. The molecule has 0 radical (unpaired) electrons. The third-order valence-electron chi connectivity index (χ3n) is 4.52. The van der Waals surface area contributed by atoms with E-state index in [0.717, 1.165) is 10.8 Å². The minimum Gasteiger partial charge on any atom is -0.507 e. The van der Waals surface area contributed by atoms with E-state index in [1.165, 1.54) is 30.5 Å². The zero-order valence-corrected chi connectivity index (χ0v) is 16.5. The van der Waals surface area contributed by atoms with Gasteiger partial charge in [0.15, 0.2) is 0 Å². The molecule has 0 saturated carbocycles. The number of rotatable bonds is 5. The molecule has 1 amide bonds. The summed E-state index contributed by atoms with van der Waals surface area (Å²) in [5.41, 5.74) is 2.79. The highest BCUT2D eigenvalue weighted by Gasteiger charge is 2.14. The lowest BCUT2D eigenvalue weighted by Crippen LogP contribution is -2.17. The summed E-state index contributed by atoms with van der Waals surface area (Å²) in [6.07, 6.45) is 1.29. The molecular weight excluding hydrogens is 422 g/mol. The van der Waals surface area contributed by atoms with E-state index in [4.69, 9.17) is 16.0 Å². The molecule has 3 aromatic carbocycles. The number of hydrogen-bond donors (Lipinski definition) is 2. The molecule has 1 heterocycles. The maximum atomic E-state index is 12.4. The number of nitro groups is 1. The molecule has 9 heteroatoms. The third kappa shape index (κ3) is 4.24. The number of halogens is 1. The Morgan fingerprint density at radius 1 is 1.10 bits per heavy atom. The number of phenolic OH excluding ortho intramolecular Hbond substituents is 1. The Balaban J connectivity index is 1.48. The molecular formula is C22H14ClN3O5. The van der Waals surface area contributed by atoms with Gasteiger partial charge in [-0.05, 0) is 41.1 Å². The molecule has 0 aliphatic rings. The van der Waals surface area contributed by atoms with Gasteiger partial charge in [-0.25, -0.2) is 5.43 Å². The van der Waals surface area contributed by atoms with Crippen LogP contribution in [0.4, 0.5) is 5.69 Å². The van der Waals surface area contributed by atoms with Crippen LogP contribution < -0.4 is 5.43 Å². The van der Waals surface area contributed by atoms with Crippen molar-refractivity contribution in [3.8, 4) is 17.1 Å². The van der Waals surface area contributed by atoms with Crippen LogP contribution in [0.1, 0.15) is 16.1 Å². The number of phenols is 1. The fraction of sp³-hybridized carbons (Fsp3) is 0. The Bertz CT molecular complexity index is 1350. The summed E-state index contributed by atoms with van der Waals surface area (Å²) in [5, 5.41) is 26.6. The van der Waals surface area contributed by atoms with Crippen molar-refractivity contribution >= 4 is 40.2 Å². The number of fused-ring (bicyclic) bond motifs is 1. The quantitative estimate of drug-likeness (QED) is 0.256. The molecule has 0 fully saturated rings. The van der Waals surface area contributed by atoms with Gasteiger partial charge < -0.3 is 9.52 Å². The number of nitrogens with zero attached hydrogens (tertiary/aromatic N) is 2.